The fraction of sp³-hybridized carbons (Fsp3) is 0.190. The molecule has 0 bridgehead atoms. The number of furan rings is 1. The van der Waals surface area contributed by atoms with Crippen LogP contribution in [0.3, 0.4) is 0 Å². The van der Waals surface area contributed by atoms with Crippen LogP contribution >= 0.6 is 23.1 Å². The van der Waals surface area contributed by atoms with E-state index >= 15 is 0 Å². The Balaban J connectivity index is 1.71. The average Bonchev–Trinajstić information content (AvgIpc) is 3.30. The zero-order valence-corrected chi connectivity index (χ0v) is 18.1. The molecular formula is C21H18N2O5S2. The molecule has 3 aromatic heterocycles. The molecule has 0 saturated heterocycles. The van der Waals surface area contributed by atoms with Crippen molar-refractivity contribution in [2.45, 2.75) is 24.8 Å². The maximum absolute atomic E-state index is 13.0. The van der Waals surface area contributed by atoms with Gasteiger partial charge in [-0.25, -0.2) is 9.78 Å². The number of methoxy groups -OCH3 is 1. The number of carboxylic acid groups (broad SMARTS) is 1. The van der Waals surface area contributed by atoms with Gasteiger partial charge < -0.3 is 19.2 Å². The summed E-state index contributed by atoms with van der Waals surface area (Å²) in [5.74, 6) is 0.312. The Morgan fingerprint density at radius 3 is 2.80 bits per heavy atom. The standard InChI is InChI=1S/C21H18N2O5S2/c1-10-4-6-14(27-3)13(8-10)16-11(2)30-19-17(16)18(24)22-21(23-19)29-9-12-5-7-15(28-12)20(25)26/h4-8H,9H2,1-3H3,(H,25,26)(H,22,23,24). The van der Waals surface area contributed by atoms with Gasteiger partial charge in [0.05, 0.1) is 18.2 Å². The molecule has 0 saturated carbocycles. The van der Waals surface area contributed by atoms with Crippen molar-refractivity contribution >= 4 is 39.3 Å². The molecule has 9 heteroatoms. The molecule has 0 amide bonds. The molecule has 4 rings (SSSR count). The van der Waals surface area contributed by atoms with E-state index in [0.29, 0.717) is 32.6 Å². The smallest absolute Gasteiger partial charge is 0.371 e. The van der Waals surface area contributed by atoms with E-state index in [1.807, 2.05) is 32.0 Å². The van der Waals surface area contributed by atoms with E-state index in [1.165, 1.54) is 29.2 Å². The van der Waals surface area contributed by atoms with E-state index in [2.05, 4.69) is 9.97 Å². The van der Waals surface area contributed by atoms with E-state index < -0.39 is 5.97 Å². The lowest BCUT2D eigenvalue weighted by molar-refractivity contribution is 0.0661. The minimum absolute atomic E-state index is 0.117. The molecule has 2 N–H and O–H groups in total. The topological polar surface area (TPSA) is 105 Å². The van der Waals surface area contributed by atoms with Crippen molar-refractivity contribution in [3.63, 3.8) is 0 Å². The number of nitrogens with zero attached hydrogens (tertiary/aromatic N) is 1. The highest BCUT2D eigenvalue weighted by Gasteiger charge is 2.20. The Labute approximate surface area is 179 Å². The van der Waals surface area contributed by atoms with Crippen molar-refractivity contribution in [1.29, 1.82) is 0 Å². The van der Waals surface area contributed by atoms with Gasteiger partial charge in [-0.05, 0) is 38.1 Å². The van der Waals surface area contributed by atoms with Gasteiger partial charge in [-0.1, -0.05) is 23.4 Å². The second-order valence-electron chi connectivity index (χ2n) is 6.65. The van der Waals surface area contributed by atoms with Gasteiger partial charge in [0, 0.05) is 16.0 Å². The number of thioether (sulfide) groups is 1. The van der Waals surface area contributed by atoms with Crippen molar-refractivity contribution in [1.82, 2.24) is 9.97 Å². The Morgan fingerprint density at radius 2 is 2.10 bits per heavy atom. The number of hydrogen-bond acceptors (Lipinski definition) is 7. The van der Waals surface area contributed by atoms with E-state index in [4.69, 9.17) is 14.3 Å². The fourth-order valence-corrected chi connectivity index (χ4v) is 5.07. The third-order valence-corrected chi connectivity index (χ3v) is 6.46. The van der Waals surface area contributed by atoms with Gasteiger partial charge >= 0.3 is 5.97 Å². The molecule has 30 heavy (non-hydrogen) atoms. The summed E-state index contributed by atoms with van der Waals surface area (Å²) in [5, 5.41) is 9.93. The first-order valence-corrected chi connectivity index (χ1v) is 10.8. The summed E-state index contributed by atoms with van der Waals surface area (Å²) in [6, 6.07) is 8.88. The van der Waals surface area contributed by atoms with Gasteiger partial charge in [-0.3, -0.25) is 4.79 Å². The third-order valence-electron chi connectivity index (χ3n) is 4.56. The minimum Gasteiger partial charge on any atom is -0.496 e. The highest BCUT2D eigenvalue weighted by Crippen LogP contribution is 2.40. The van der Waals surface area contributed by atoms with Gasteiger partial charge in [0.2, 0.25) is 5.76 Å². The number of ether oxygens (including phenoxy) is 1. The molecule has 1 aromatic carbocycles. The molecule has 7 nitrogen and oxygen atoms in total. The SMILES string of the molecule is COc1ccc(C)cc1-c1c(C)sc2nc(SCc3ccc(C(=O)O)o3)[nH]c(=O)c12. The highest BCUT2D eigenvalue weighted by atomic mass is 32.2. The van der Waals surface area contributed by atoms with Crippen LogP contribution in [0.1, 0.15) is 26.8 Å². The third kappa shape index (κ3) is 3.73. The summed E-state index contributed by atoms with van der Waals surface area (Å²) in [6.07, 6.45) is 0. The summed E-state index contributed by atoms with van der Waals surface area (Å²) >= 11 is 2.73. The van der Waals surface area contributed by atoms with Crippen molar-refractivity contribution in [3.8, 4) is 16.9 Å². The molecule has 0 aliphatic carbocycles. The second kappa shape index (κ2) is 8.00. The molecular weight excluding hydrogens is 424 g/mol. The predicted octanol–water partition coefficient (Wildman–Crippen LogP) is 4.86. The first kappa shape index (κ1) is 20.2. The lowest BCUT2D eigenvalue weighted by atomic mass is 10.0. The Bertz CT molecular complexity index is 1320. The normalized spacial score (nSPS) is 11.2. The van der Waals surface area contributed by atoms with Crippen LogP contribution in [0.5, 0.6) is 5.75 Å². The Morgan fingerprint density at radius 1 is 1.30 bits per heavy atom. The predicted molar refractivity (Wildman–Crippen MR) is 117 cm³/mol. The average molecular weight is 443 g/mol. The van der Waals surface area contributed by atoms with E-state index in [-0.39, 0.29) is 11.3 Å². The second-order valence-corrected chi connectivity index (χ2v) is 8.82. The zero-order valence-electron chi connectivity index (χ0n) is 16.4. The number of fused-ring (bicyclic) bond motifs is 1. The first-order valence-electron chi connectivity index (χ1n) is 9.00. The van der Waals surface area contributed by atoms with Crippen molar-refractivity contribution < 1.29 is 19.1 Å². The van der Waals surface area contributed by atoms with Gasteiger partial charge in [-0.15, -0.1) is 11.3 Å². The maximum atomic E-state index is 13.0. The number of nitrogens with one attached hydrogen (secondary N) is 1. The molecule has 0 atom stereocenters. The number of benzene rings is 1. The summed E-state index contributed by atoms with van der Waals surface area (Å²) in [6.45, 7) is 3.96. The number of carboxylic acids is 1. The van der Waals surface area contributed by atoms with E-state index in [0.717, 1.165) is 21.6 Å². The summed E-state index contributed by atoms with van der Waals surface area (Å²) in [5.41, 5.74) is 2.54. The summed E-state index contributed by atoms with van der Waals surface area (Å²) in [7, 11) is 1.61. The lowest BCUT2D eigenvalue weighted by Crippen LogP contribution is -2.09. The van der Waals surface area contributed by atoms with E-state index in [9.17, 15) is 9.59 Å². The number of aromatic carboxylic acids is 1. The van der Waals surface area contributed by atoms with Gasteiger partial charge in [0.1, 0.15) is 16.3 Å². The number of carbonyl (C=O) groups is 1. The lowest BCUT2D eigenvalue weighted by Gasteiger charge is -2.10. The molecule has 0 aliphatic heterocycles. The molecule has 0 fully saturated rings. The fourth-order valence-electron chi connectivity index (χ4n) is 3.22. The van der Waals surface area contributed by atoms with E-state index in [1.54, 1.807) is 13.2 Å². The van der Waals surface area contributed by atoms with Crippen LogP contribution in [0, 0.1) is 13.8 Å². The number of hydrogen-bond donors (Lipinski definition) is 2. The number of H-pyrrole nitrogens is 1. The minimum atomic E-state index is -1.12. The number of rotatable bonds is 6. The first-order chi connectivity index (χ1) is 14.4. The zero-order chi connectivity index (χ0) is 21.4. The molecule has 0 radical (unpaired) electrons. The van der Waals surface area contributed by atoms with Gasteiger partial charge in [0.25, 0.3) is 5.56 Å². The van der Waals surface area contributed by atoms with Gasteiger partial charge in [0.15, 0.2) is 5.16 Å². The van der Waals surface area contributed by atoms with Crippen LogP contribution < -0.4 is 10.3 Å². The molecule has 0 spiro atoms. The largest absolute Gasteiger partial charge is 0.496 e. The molecule has 0 aliphatic rings. The van der Waals surface area contributed by atoms with Crippen LogP contribution in [0.15, 0.2) is 44.7 Å². The highest BCUT2D eigenvalue weighted by molar-refractivity contribution is 7.98. The maximum Gasteiger partial charge on any atom is 0.371 e. The van der Waals surface area contributed by atoms with Crippen LogP contribution in [0.4, 0.5) is 0 Å². The Hall–Kier alpha value is -3.04. The Kier molecular flexibility index (Phi) is 5.40. The number of aromatic amines is 1. The quantitative estimate of drug-likeness (QED) is 0.324. The van der Waals surface area contributed by atoms with Crippen molar-refractivity contribution in [2.24, 2.45) is 0 Å². The molecule has 4 aromatic rings. The molecule has 3 heterocycles. The summed E-state index contributed by atoms with van der Waals surface area (Å²) < 4.78 is 10.8. The number of aromatic nitrogens is 2. The summed E-state index contributed by atoms with van der Waals surface area (Å²) in [4.78, 5) is 32.9. The molecule has 154 valence electrons. The molecule has 0 unspecified atom stereocenters. The van der Waals surface area contributed by atoms with Crippen molar-refractivity contribution in [2.75, 3.05) is 7.11 Å². The number of thiophene rings is 1. The monoisotopic (exact) mass is 442 g/mol. The van der Waals surface area contributed by atoms with Crippen molar-refractivity contribution in [3.05, 3.63) is 62.6 Å². The van der Waals surface area contributed by atoms with Crippen LogP contribution in [0.2, 0.25) is 0 Å². The van der Waals surface area contributed by atoms with Gasteiger partial charge in [-0.2, -0.15) is 0 Å². The van der Waals surface area contributed by atoms with Crippen LogP contribution in [0.25, 0.3) is 21.3 Å². The van der Waals surface area contributed by atoms with Crippen LogP contribution in [-0.4, -0.2) is 28.2 Å². The number of aryl methyl sites for hydroxylation is 2. The van der Waals surface area contributed by atoms with Crippen LogP contribution in [-0.2, 0) is 5.75 Å².